The van der Waals surface area contributed by atoms with Crippen molar-refractivity contribution < 1.29 is 4.74 Å². The minimum Gasteiger partial charge on any atom is -0.458 e. The highest BCUT2D eigenvalue weighted by Crippen LogP contribution is 2.52. The average molecular weight is 1570 g/mol. The molecule has 0 saturated carbocycles. The topological polar surface area (TPSA) is 25.4 Å². The number of para-hydroxylation sites is 3. The van der Waals surface area contributed by atoms with E-state index >= 15 is 0 Å². The molecule has 6 nitrogen and oxygen atoms in total. The molecule has 0 unspecified atom stereocenters. The Morgan fingerprint density at radius 3 is 1.27 bits per heavy atom. The Morgan fingerprint density at radius 1 is 0.347 bits per heavy atom. The monoisotopic (exact) mass is 1570 g/mol. The van der Waals surface area contributed by atoms with Crippen LogP contribution in [0.1, 0.15) is 77.0 Å². The first kappa shape index (κ1) is 61.6. The van der Waals surface area contributed by atoms with Crippen molar-refractivity contribution in [3.8, 4) is 11.5 Å². The van der Waals surface area contributed by atoms with Gasteiger partial charge >= 0.3 is 0 Å². The maximum absolute atomic E-state index is 7.39. The molecule has 11 heteroatoms. The van der Waals surface area contributed by atoms with Gasteiger partial charge in [-0.3, -0.25) is 0 Å². The van der Waals surface area contributed by atoms with Crippen LogP contribution >= 0.6 is 67.8 Å². The van der Waals surface area contributed by atoms with Gasteiger partial charge in [0.15, 0.2) is 0 Å². The summed E-state index contributed by atoms with van der Waals surface area (Å²) in [5.74, 6) is 1.72. The molecule has 0 amide bonds. The second-order valence-electron chi connectivity index (χ2n) is 26.6. The van der Waals surface area contributed by atoms with Crippen molar-refractivity contribution >= 4 is 199 Å². The summed E-state index contributed by atoms with van der Waals surface area (Å²) < 4.78 is 10.9. The Balaban J connectivity index is 0.983. The van der Waals surface area contributed by atoms with Gasteiger partial charge in [0.05, 0.1) is 11.4 Å². The number of fused-ring (bicyclic) bond motifs is 8. The van der Waals surface area contributed by atoms with Crippen LogP contribution < -0.4 is 62.0 Å². The lowest BCUT2D eigenvalue weighted by Gasteiger charge is -2.46. The first-order valence-corrected chi connectivity index (χ1v) is 36.6. The largest absolute Gasteiger partial charge is 0.458 e. The van der Waals surface area contributed by atoms with Crippen LogP contribution in [0.5, 0.6) is 11.5 Å². The third-order valence-electron chi connectivity index (χ3n) is 19.5. The highest BCUT2D eigenvalue weighted by Gasteiger charge is 2.48. The number of rotatable bonds is 15. The van der Waals surface area contributed by atoms with Crippen molar-refractivity contribution in [3.63, 3.8) is 0 Å². The van der Waals surface area contributed by atoms with E-state index in [-0.39, 0.29) is 18.8 Å². The first-order valence-electron chi connectivity index (χ1n) is 33.4. The van der Waals surface area contributed by atoms with E-state index < -0.39 is 0 Å². The Hall–Kier alpha value is -8.24. The molecule has 0 aliphatic carbocycles. The smallest absolute Gasteiger partial charge is 0.256 e. The second kappa shape index (κ2) is 25.4. The number of ether oxygens (including phenoxy) is 1. The number of anilines is 15. The maximum atomic E-state index is 7.39. The molecule has 0 atom stereocenters. The van der Waals surface area contributed by atoms with Gasteiger partial charge < -0.3 is 29.2 Å². The Labute approximate surface area is 601 Å². The zero-order valence-electron chi connectivity index (χ0n) is 54.0. The fourth-order valence-electron chi connectivity index (χ4n) is 14.9. The van der Waals surface area contributed by atoms with Gasteiger partial charge in [-0.2, -0.15) is 0 Å². The summed E-state index contributed by atoms with van der Waals surface area (Å²) in [7, 11) is 0. The molecule has 0 aromatic heterocycles. The molecule has 95 heavy (non-hydrogen) atoms. The van der Waals surface area contributed by atoms with E-state index in [1.165, 1.54) is 49.3 Å². The number of nitrogens with zero attached hydrogens (tertiary/aromatic N) is 5. The molecule has 0 bridgehead atoms. The molecule has 464 valence electrons. The maximum Gasteiger partial charge on any atom is 0.256 e. The average Bonchev–Trinajstić information content (AvgIpc) is 0.687. The van der Waals surface area contributed by atoms with E-state index in [4.69, 9.17) is 4.74 Å². The minimum absolute atomic E-state index is 0.0106. The summed E-state index contributed by atoms with van der Waals surface area (Å²) in [4.78, 5) is 12.6. The SMILES string of the molecule is CCCCc1ccc(N(c2ccc(C(C)(C)C)cc2)c2cc3c4c(c2)N(c2ccc(I)cc2)c2cc5c(cc2B4c2ccccc2O3)B2c3ccccc3N(c3ccccc3)c3cc(N(c4ccc(I)cc4)c4ccc(CCCC)cc4)cc(c32)N5c2ccc(I)cc2)cc1. The van der Waals surface area contributed by atoms with Crippen LogP contribution in [0.2, 0.25) is 0 Å². The molecule has 16 rings (SSSR count). The first-order chi connectivity index (χ1) is 46.4. The number of aryl methyl sites for hydroxylation is 2. The number of benzene rings is 12. The van der Waals surface area contributed by atoms with E-state index in [9.17, 15) is 0 Å². The molecule has 12 aromatic carbocycles. The molecule has 0 spiro atoms. The van der Waals surface area contributed by atoms with Crippen molar-refractivity contribution in [2.45, 2.75) is 78.6 Å². The van der Waals surface area contributed by atoms with Crippen LogP contribution in [0.3, 0.4) is 0 Å². The predicted molar refractivity (Wildman–Crippen MR) is 430 cm³/mol. The highest BCUT2D eigenvalue weighted by atomic mass is 127. The summed E-state index contributed by atoms with van der Waals surface area (Å²) in [5.41, 5.74) is 27.8. The van der Waals surface area contributed by atoms with E-state index in [2.05, 4.69) is 388 Å². The molecule has 0 fully saturated rings. The van der Waals surface area contributed by atoms with Crippen LogP contribution in [-0.4, -0.2) is 13.4 Å². The second-order valence-corrected chi connectivity index (χ2v) is 30.3. The molecular weight excluding hydrogens is 1500 g/mol. The summed E-state index contributed by atoms with van der Waals surface area (Å²) in [6.45, 7) is 11.1. The summed E-state index contributed by atoms with van der Waals surface area (Å²) in [6.07, 6.45) is 6.73. The number of hydrogen-bond donors (Lipinski definition) is 0. The quantitative estimate of drug-likeness (QED) is 0.0750. The minimum atomic E-state index is -0.178. The van der Waals surface area contributed by atoms with Gasteiger partial charge in [-0.15, -0.1) is 0 Å². The van der Waals surface area contributed by atoms with Crippen LogP contribution in [0.15, 0.2) is 261 Å². The number of hydrogen-bond acceptors (Lipinski definition) is 6. The zero-order chi connectivity index (χ0) is 64.6. The Morgan fingerprint density at radius 2 is 0.758 bits per heavy atom. The molecule has 0 saturated heterocycles. The fourth-order valence-corrected chi connectivity index (χ4v) is 16.0. The van der Waals surface area contributed by atoms with Gasteiger partial charge in [-0.1, -0.05) is 145 Å². The van der Waals surface area contributed by atoms with Gasteiger partial charge in [-0.05, 0) is 306 Å². The fraction of sp³-hybridized carbons (Fsp3) is 0.143. The lowest BCUT2D eigenvalue weighted by atomic mass is 9.30. The van der Waals surface area contributed by atoms with Crippen molar-refractivity contribution in [2.75, 3.05) is 24.5 Å². The molecule has 0 radical (unpaired) electrons. The van der Waals surface area contributed by atoms with Crippen molar-refractivity contribution in [1.29, 1.82) is 0 Å². The number of unbranched alkanes of at least 4 members (excludes halogenated alkanes) is 2. The lowest BCUT2D eigenvalue weighted by Crippen LogP contribution is -2.64. The highest BCUT2D eigenvalue weighted by molar-refractivity contribution is 14.1. The van der Waals surface area contributed by atoms with Crippen molar-refractivity contribution in [1.82, 2.24) is 0 Å². The molecule has 4 aliphatic heterocycles. The lowest BCUT2D eigenvalue weighted by molar-refractivity contribution is 0.487. The van der Waals surface area contributed by atoms with Crippen molar-refractivity contribution in [3.05, 3.63) is 288 Å². The van der Waals surface area contributed by atoms with Crippen LogP contribution in [0.25, 0.3) is 0 Å². The predicted octanol–water partition coefficient (Wildman–Crippen LogP) is 20.9. The van der Waals surface area contributed by atoms with Gasteiger partial charge in [0.1, 0.15) is 11.5 Å². The normalized spacial score (nSPS) is 13.1. The molecule has 0 N–H and O–H groups in total. The van der Waals surface area contributed by atoms with Gasteiger partial charge in [0.2, 0.25) is 0 Å². The zero-order valence-corrected chi connectivity index (χ0v) is 60.5. The molecule has 4 heterocycles. The molecular formula is C84H70B2I3N5O. The summed E-state index contributed by atoms with van der Waals surface area (Å²) in [6, 6.07) is 98.9. The summed E-state index contributed by atoms with van der Waals surface area (Å²) >= 11 is 7.36. The van der Waals surface area contributed by atoms with Gasteiger partial charge in [-0.25, -0.2) is 0 Å². The van der Waals surface area contributed by atoms with E-state index in [0.29, 0.717) is 0 Å². The standard InChI is InChI=1S/C84H70B2I3N5O/c1-6-8-17-55-25-37-62(38-26-55)90(65-43-31-58(87)32-44-65)68-49-77-82-78(50-68)93(66-45-33-59(88)34-46-66)75-54-76-73(53-72(75)85(82)70-21-13-15-23-74(70)92(77)61-19-11-10-12-20-61)86-71-22-14-16-24-80(71)95-81-52-69(51-79(83(81)86)94(76)67-47-35-60(89)36-48-67)91(63-39-27-56(28-40-63)18-9-7-2)64-41-29-57(30-42-64)84(3,4)5/h10-16,19-54H,6-9,17-18H2,1-5H3. The Bertz CT molecular complexity index is 4870. The third kappa shape index (κ3) is 11.2. The van der Waals surface area contributed by atoms with Gasteiger partial charge in [0.25, 0.3) is 13.4 Å². The summed E-state index contributed by atoms with van der Waals surface area (Å²) in [5, 5.41) is 0. The van der Waals surface area contributed by atoms with Crippen molar-refractivity contribution in [2.24, 2.45) is 0 Å². The van der Waals surface area contributed by atoms with Gasteiger partial charge in [0, 0.05) is 90.7 Å². The van der Waals surface area contributed by atoms with E-state index in [0.717, 1.165) is 146 Å². The number of halogens is 3. The van der Waals surface area contributed by atoms with E-state index in [1.807, 2.05) is 0 Å². The third-order valence-corrected chi connectivity index (χ3v) is 21.7. The molecule has 12 aromatic rings. The van der Waals surface area contributed by atoms with Crippen LogP contribution in [0.4, 0.5) is 85.3 Å². The molecule has 4 aliphatic rings. The van der Waals surface area contributed by atoms with E-state index in [1.54, 1.807) is 0 Å². The van der Waals surface area contributed by atoms with Crippen LogP contribution in [0, 0.1) is 10.7 Å². The Kier molecular flexibility index (Phi) is 16.5. The van der Waals surface area contributed by atoms with Crippen LogP contribution in [-0.2, 0) is 18.3 Å².